The minimum Gasteiger partial charge on any atom is -0.299 e. The molecule has 3 heteroatoms. The van der Waals surface area contributed by atoms with Gasteiger partial charge < -0.3 is 0 Å². The number of carbonyl (C=O) groups is 1. The van der Waals surface area contributed by atoms with E-state index in [9.17, 15) is 4.79 Å². The first kappa shape index (κ1) is 11.0. The second-order valence-corrected chi connectivity index (χ2v) is 4.74. The Morgan fingerprint density at radius 2 is 2.07 bits per heavy atom. The summed E-state index contributed by atoms with van der Waals surface area (Å²) >= 11 is 11.9. The normalized spacial score (nSPS) is 15.3. The Balaban J connectivity index is 1.98. The van der Waals surface area contributed by atoms with Crippen molar-refractivity contribution in [2.75, 3.05) is 0 Å². The van der Waals surface area contributed by atoms with Crippen LogP contribution >= 0.6 is 23.2 Å². The molecule has 1 aromatic rings. The van der Waals surface area contributed by atoms with E-state index >= 15 is 0 Å². The second kappa shape index (κ2) is 4.54. The number of rotatable bonds is 4. The molecule has 0 radical (unpaired) electrons. The van der Waals surface area contributed by atoms with Gasteiger partial charge in [0.2, 0.25) is 0 Å². The van der Waals surface area contributed by atoms with Crippen molar-refractivity contribution in [1.29, 1.82) is 0 Å². The van der Waals surface area contributed by atoms with Gasteiger partial charge in [-0.15, -0.1) is 0 Å². The molecule has 80 valence electrons. The average Bonchev–Trinajstić information content (AvgIpc) is 3.03. The smallest absolute Gasteiger partial charge is 0.136 e. The van der Waals surface area contributed by atoms with Crippen molar-refractivity contribution in [3.63, 3.8) is 0 Å². The number of hydrogen-bond donors (Lipinski definition) is 0. The highest BCUT2D eigenvalue weighted by Gasteiger charge is 2.28. The number of hydrogen-bond acceptors (Lipinski definition) is 1. The van der Waals surface area contributed by atoms with Crippen LogP contribution in [-0.2, 0) is 11.2 Å². The molecule has 0 saturated heterocycles. The van der Waals surface area contributed by atoms with Crippen LogP contribution in [0.25, 0.3) is 0 Å². The fourth-order valence-corrected chi connectivity index (χ4v) is 2.02. The third kappa shape index (κ3) is 2.73. The molecule has 1 aromatic carbocycles. The lowest BCUT2D eigenvalue weighted by Crippen LogP contribution is -2.02. The summed E-state index contributed by atoms with van der Waals surface area (Å²) in [4.78, 5) is 11.5. The third-order valence-corrected chi connectivity index (χ3v) is 3.56. The van der Waals surface area contributed by atoms with Crippen LogP contribution < -0.4 is 0 Å². The molecule has 0 N–H and O–H groups in total. The molecule has 0 aromatic heterocycles. The maximum absolute atomic E-state index is 11.5. The Kier molecular flexibility index (Phi) is 3.32. The van der Waals surface area contributed by atoms with Crippen molar-refractivity contribution in [2.45, 2.75) is 25.7 Å². The second-order valence-electron chi connectivity index (χ2n) is 3.95. The van der Waals surface area contributed by atoms with Crippen LogP contribution in [0, 0.1) is 5.92 Å². The van der Waals surface area contributed by atoms with E-state index in [1.54, 1.807) is 6.07 Å². The zero-order valence-electron chi connectivity index (χ0n) is 8.30. The predicted molar refractivity (Wildman–Crippen MR) is 62.5 cm³/mol. The number of aryl methyl sites for hydroxylation is 1. The average molecular weight is 243 g/mol. The summed E-state index contributed by atoms with van der Waals surface area (Å²) in [6.45, 7) is 0. The third-order valence-electron chi connectivity index (χ3n) is 2.71. The number of halogens is 2. The fourth-order valence-electron chi connectivity index (χ4n) is 1.61. The standard InChI is InChI=1S/C12H12Cl2O/c13-10-3-1-2-9(12(10)14)6-7-11(15)8-4-5-8/h1-3,8H,4-7H2. The molecule has 1 saturated carbocycles. The monoisotopic (exact) mass is 242 g/mol. The minimum atomic E-state index is 0.336. The van der Waals surface area contributed by atoms with Crippen LogP contribution in [0.3, 0.4) is 0 Å². The predicted octanol–water partition coefficient (Wildman–Crippen LogP) is 3.91. The zero-order valence-corrected chi connectivity index (χ0v) is 9.81. The summed E-state index contributed by atoms with van der Waals surface area (Å²) in [6.07, 6.45) is 3.43. The molecular weight excluding hydrogens is 231 g/mol. The van der Waals surface area contributed by atoms with Crippen LogP contribution in [0.4, 0.5) is 0 Å². The molecule has 1 fully saturated rings. The number of Topliss-reactive ketones (excluding diaryl/α,β-unsaturated/α-hetero) is 1. The molecular formula is C12H12Cl2O. The summed E-state index contributed by atoms with van der Waals surface area (Å²) in [5.74, 6) is 0.703. The van der Waals surface area contributed by atoms with E-state index in [-0.39, 0.29) is 0 Å². The van der Waals surface area contributed by atoms with Crippen LogP contribution in [0.15, 0.2) is 18.2 Å². The molecule has 0 spiro atoms. The van der Waals surface area contributed by atoms with Gasteiger partial charge in [0.05, 0.1) is 10.0 Å². The first-order valence-electron chi connectivity index (χ1n) is 5.14. The van der Waals surface area contributed by atoms with Crippen LogP contribution in [0.1, 0.15) is 24.8 Å². The van der Waals surface area contributed by atoms with Crippen LogP contribution in [0.2, 0.25) is 10.0 Å². The van der Waals surface area contributed by atoms with Crippen molar-refractivity contribution in [1.82, 2.24) is 0 Å². The summed E-state index contributed by atoms with van der Waals surface area (Å²) in [5, 5.41) is 1.15. The highest BCUT2D eigenvalue weighted by atomic mass is 35.5. The van der Waals surface area contributed by atoms with Gasteiger partial charge in [-0.05, 0) is 30.9 Å². The van der Waals surface area contributed by atoms with Gasteiger partial charge in [-0.1, -0.05) is 35.3 Å². The number of carbonyl (C=O) groups excluding carboxylic acids is 1. The highest BCUT2D eigenvalue weighted by Crippen LogP contribution is 2.32. The quantitative estimate of drug-likeness (QED) is 0.783. The molecule has 15 heavy (non-hydrogen) atoms. The van der Waals surface area contributed by atoms with Crippen molar-refractivity contribution in [3.8, 4) is 0 Å². The van der Waals surface area contributed by atoms with Gasteiger partial charge in [0, 0.05) is 12.3 Å². The first-order valence-corrected chi connectivity index (χ1v) is 5.89. The molecule has 1 nitrogen and oxygen atoms in total. The Morgan fingerprint density at radius 3 is 2.73 bits per heavy atom. The molecule has 1 aliphatic carbocycles. The first-order chi connectivity index (χ1) is 7.18. The summed E-state index contributed by atoms with van der Waals surface area (Å²) in [7, 11) is 0. The number of benzene rings is 1. The van der Waals surface area contributed by atoms with Gasteiger partial charge in [-0.2, -0.15) is 0 Å². The van der Waals surface area contributed by atoms with Gasteiger partial charge in [-0.3, -0.25) is 4.79 Å². The Bertz CT molecular complexity index is 383. The molecule has 2 rings (SSSR count). The van der Waals surface area contributed by atoms with Gasteiger partial charge in [0.15, 0.2) is 0 Å². The highest BCUT2D eigenvalue weighted by molar-refractivity contribution is 6.42. The Labute approximate surface area is 99.4 Å². The van der Waals surface area contributed by atoms with Crippen molar-refractivity contribution >= 4 is 29.0 Å². The Hall–Kier alpha value is -0.530. The van der Waals surface area contributed by atoms with Crippen molar-refractivity contribution < 1.29 is 4.79 Å². The summed E-state index contributed by atoms with van der Waals surface area (Å²) in [6, 6.07) is 5.55. The molecule has 0 heterocycles. The molecule has 0 bridgehead atoms. The molecule has 0 atom stereocenters. The maximum atomic E-state index is 11.5. The van der Waals surface area contributed by atoms with E-state index < -0.39 is 0 Å². The van der Waals surface area contributed by atoms with Crippen molar-refractivity contribution in [3.05, 3.63) is 33.8 Å². The summed E-state index contributed by atoms with van der Waals surface area (Å²) < 4.78 is 0. The van der Waals surface area contributed by atoms with Crippen LogP contribution in [0.5, 0.6) is 0 Å². The summed E-state index contributed by atoms with van der Waals surface area (Å²) in [5.41, 5.74) is 0.971. The minimum absolute atomic E-state index is 0.336. The van der Waals surface area contributed by atoms with E-state index in [4.69, 9.17) is 23.2 Å². The Morgan fingerprint density at radius 1 is 1.33 bits per heavy atom. The van der Waals surface area contributed by atoms with E-state index in [1.165, 1.54) is 0 Å². The molecule has 1 aliphatic rings. The van der Waals surface area contributed by atoms with E-state index in [0.29, 0.717) is 34.6 Å². The lowest BCUT2D eigenvalue weighted by molar-refractivity contribution is -0.120. The van der Waals surface area contributed by atoms with Gasteiger partial charge >= 0.3 is 0 Å². The molecule has 0 amide bonds. The topological polar surface area (TPSA) is 17.1 Å². The largest absolute Gasteiger partial charge is 0.299 e. The van der Waals surface area contributed by atoms with Crippen molar-refractivity contribution in [2.24, 2.45) is 5.92 Å². The SMILES string of the molecule is O=C(CCc1cccc(Cl)c1Cl)C1CC1. The van der Waals surface area contributed by atoms with Gasteiger partial charge in [0.1, 0.15) is 5.78 Å². The maximum Gasteiger partial charge on any atom is 0.136 e. The van der Waals surface area contributed by atoms with Gasteiger partial charge in [0.25, 0.3) is 0 Å². The van der Waals surface area contributed by atoms with Crippen LogP contribution in [-0.4, -0.2) is 5.78 Å². The lowest BCUT2D eigenvalue weighted by Gasteiger charge is -2.04. The van der Waals surface area contributed by atoms with E-state index in [1.807, 2.05) is 12.1 Å². The van der Waals surface area contributed by atoms with Gasteiger partial charge in [-0.25, -0.2) is 0 Å². The molecule has 0 unspecified atom stereocenters. The van der Waals surface area contributed by atoms with E-state index in [2.05, 4.69) is 0 Å². The number of ketones is 1. The lowest BCUT2D eigenvalue weighted by atomic mass is 10.1. The van der Waals surface area contributed by atoms with E-state index in [0.717, 1.165) is 18.4 Å². The zero-order chi connectivity index (χ0) is 10.8. The fraction of sp³-hybridized carbons (Fsp3) is 0.417. The molecule has 0 aliphatic heterocycles.